The number of anilines is 2. The SMILES string of the molecule is CCOc1ccccc1NC(=O)c1ccc(OCC(=O)Nc2c(C(C)C)cccc2C(C)C)cc1. The van der Waals surface area contributed by atoms with Crippen molar-refractivity contribution in [1.82, 2.24) is 0 Å². The zero-order chi connectivity index (χ0) is 25.4. The molecule has 0 saturated heterocycles. The quantitative estimate of drug-likeness (QED) is 0.347. The Labute approximate surface area is 207 Å². The Morgan fingerprint density at radius 1 is 0.771 bits per heavy atom. The zero-order valence-electron chi connectivity index (χ0n) is 21.1. The summed E-state index contributed by atoms with van der Waals surface area (Å²) in [7, 11) is 0. The van der Waals surface area contributed by atoms with E-state index < -0.39 is 0 Å². The molecule has 6 heteroatoms. The summed E-state index contributed by atoms with van der Waals surface area (Å²) in [4.78, 5) is 25.3. The molecule has 0 heterocycles. The van der Waals surface area contributed by atoms with Gasteiger partial charge in [-0.2, -0.15) is 0 Å². The molecule has 3 aromatic carbocycles. The van der Waals surface area contributed by atoms with Crippen molar-refractivity contribution in [2.45, 2.75) is 46.5 Å². The number of hydrogen-bond donors (Lipinski definition) is 2. The van der Waals surface area contributed by atoms with E-state index in [0.717, 1.165) is 16.8 Å². The molecule has 0 fully saturated rings. The third kappa shape index (κ3) is 6.85. The lowest BCUT2D eigenvalue weighted by atomic mass is 9.92. The van der Waals surface area contributed by atoms with Gasteiger partial charge in [0.1, 0.15) is 11.5 Å². The topological polar surface area (TPSA) is 76.7 Å². The fourth-order valence-corrected chi connectivity index (χ4v) is 3.77. The Kier molecular flexibility index (Phi) is 8.90. The predicted molar refractivity (Wildman–Crippen MR) is 141 cm³/mol. The third-order valence-electron chi connectivity index (χ3n) is 5.56. The molecule has 0 radical (unpaired) electrons. The first kappa shape index (κ1) is 25.8. The number of benzene rings is 3. The van der Waals surface area contributed by atoms with E-state index in [-0.39, 0.29) is 30.3 Å². The Balaban J connectivity index is 1.61. The first-order chi connectivity index (χ1) is 16.8. The van der Waals surface area contributed by atoms with Gasteiger partial charge in [0, 0.05) is 11.3 Å². The third-order valence-corrected chi connectivity index (χ3v) is 5.56. The van der Waals surface area contributed by atoms with Crippen LogP contribution in [0.4, 0.5) is 11.4 Å². The van der Waals surface area contributed by atoms with Gasteiger partial charge in [-0.1, -0.05) is 58.0 Å². The number of hydrogen-bond acceptors (Lipinski definition) is 4. The normalized spacial score (nSPS) is 10.8. The number of carbonyl (C=O) groups is 2. The monoisotopic (exact) mass is 474 g/mol. The van der Waals surface area contributed by atoms with Crippen LogP contribution >= 0.6 is 0 Å². The maximum Gasteiger partial charge on any atom is 0.262 e. The second-order valence-corrected chi connectivity index (χ2v) is 8.87. The van der Waals surface area contributed by atoms with Crippen molar-refractivity contribution in [3.8, 4) is 11.5 Å². The van der Waals surface area contributed by atoms with Crippen molar-refractivity contribution in [3.05, 3.63) is 83.4 Å². The van der Waals surface area contributed by atoms with Crippen molar-refractivity contribution in [3.63, 3.8) is 0 Å². The summed E-state index contributed by atoms with van der Waals surface area (Å²) in [5.74, 6) is 1.21. The van der Waals surface area contributed by atoms with Crippen LogP contribution in [0.3, 0.4) is 0 Å². The van der Waals surface area contributed by atoms with Gasteiger partial charge in [-0.15, -0.1) is 0 Å². The van der Waals surface area contributed by atoms with E-state index in [1.165, 1.54) is 0 Å². The fraction of sp³-hybridized carbons (Fsp3) is 0.310. The summed E-state index contributed by atoms with van der Waals surface area (Å²) < 4.78 is 11.2. The molecule has 0 aromatic heterocycles. The van der Waals surface area contributed by atoms with Gasteiger partial charge >= 0.3 is 0 Å². The minimum absolute atomic E-state index is 0.128. The van der Waals surface area contributed by atoms with Crippen molar-refractivity contribution < 1.29 is 19.1 Å². The second-order valence-electron chi connectivity index (χ2n) is 8.87. The van der Waals surface area contributed by atoms with Gasteiger partial charge in [0.15, 0.2) is 6.61 Å². The fourth-order valence-electron chi connectivity index (χ4n) is 3.77. The Hall–Kier alpha value is -3.80. The molecule has 0 atom stereocenters. The highest BCUT2D eigenvalue weighted by atomic mass is 16.5. The molecule has 2 amide bonds. The Morgan fingerprint density at radius 3 is 2.00 bits per heavy atom. The number of nitrogens with one attached hydrogen (secondary N) is 2. The maximum atomic E-state index is 12.7. The zero-order valence-corrected chi connectivity index (χ0v) is 21.1. The van der Waals surface area contributed by atoms with Crippen molar-refractivity contribution in [2.24, 2.45) is 0 Å². The molecule has 184 valence electrons. The van der Waals surface area contributed by atoms with Crippen LogP contribution in [0.5, 0.6) is 11.5 Å². The average Bonchev–Trinajstić information content (AvgIpc) is 2.84. The van der Waals surface area contributed by atoms with Gasteiger partial charge in [-0.25, -0.2) is 0 Å². The summed E-state index contributed by atoms with van der Waals surface area (Å²) >= 11 is 0. The van der Waals surface area contributed by atoms with Gasteiger partial charge in [0.25, 0.3) is 11.8 Å². The molecule has 0 aliphatic carbocycles. The number of carbonyl (C=O) groups excluding carboxylic acids is 2. The number of amides is 2. The number of para-hydroxylation sites is 3. The van der Waals surface area contributed by atoms with Crippen LogP contribution in [0.1, 0.15) is 67.9 Å². The molecular formula is C29H34N2O4. The van der Waals surface area contributed by atoms with E-state index in [0.29, 0.717) is 29.4 Å². The summed E-state index contributed by atoms with van der Waals surface area (Å²) in [6, 6.07) is 20.1. The van der Waals surface area contributed by atoms with E-state index in [4.69, 9.17) is 9.47 Å². The van der Waals surface area contributed by atoms with Crippen molar-refractivity contribution in [2.75, 3.05) is 23.8 Å². The predicted octanol–water partition coefficient (Wildman–Crippen LogP) is 6.60. The summed E-state index contributed by atoms with van der Waals surface area (Å²) in [5, 5.41) is 5.91. The van der Waals surface area contributed by atoms with E-state index in [9.17, 15) is 9.59 Å². The number of ether oxygens (including phenoxy) is 2. The molecule has 2 N–H and O–H groups in total. The molecule has 6 nitrogen and oxygen atoms in total. The summed E-state index contributed by atoms with van der Waals surface area (Å²) in [5.41, 5.74) is 4.15. The van der Waals surface area contributed by atoms with Crippen LogP contribution in [0.25, 0.3) is 0 Å². The van der Waals surface area contributed by atoms with Crippen molar-refractivity contribution in [1.29, 1.82) is 0 Å². The Morgan fingerprint density at radius 2 is 1.40 bits per heavy atom. The van der Waals surface area contributed by atoms with Crippen LogP contribution in [-0.2, 0) is 4.79 Å². The molecule has 0 aliphatic rings. The van der Waals surface area contributed by atoms with Crippen LogP contribution in [0, 0.1) is 0 Å². The molecule has 3 rings (SSSR count). The molecule has 0 spiro atoms. The van der Waals surface area contributed by atoms with Crippen LogP contribution in [0.15, 0.2) is 66.7 Å². The van der Waals surface area contributed by atoms with Gasteiger partial charge in [0.2, 0.25) is 0 Å². The molecule has 0 aliphatic heterocycles. The first-order valence-electron chi connectivity index (χ1n) is 12.0. The summed E-state index contributed by atoms with van der Waals surface area (Å²) in [6.07, 6.45) is 0. The lowest BCUT2D eigenvalue weighted by Gasteiger charge is -2.20. The smallest absolute Gasteiger partial charge is 0.262 e. The van der Waals surface area contributed by atoms with E-state index in [1.807, 2.05) is 43.3 Å². The van der Waals surface area contributed by atoms with Gasteiger partial charge in [-0.05, 0) is 66.3 Å². The molecule has 0 unspecified atom stereocenters. The second kappa shape index (κ2) is 12.1. The highest BCUT2D eigenvalue weighted by molar-refractivity contribution is 6.05. The van der Waals surface area contributed by atoms with E-state index in [2.05, 4.69) is 38.3 Å². The van der Waals surface area contributed by atoms with Gasteiger partial charge in [0.05, 0.1) is 12.3 Å². The molecule has 35 heavy (non-hydrogen) atoms. The summed E-state index contributed by atoms with van der Waals surface area (Å²) in [6.45, 7) is 10.7. The maximum absolute atomic E-state index is 12.7. The Bertz CT molecular complexity index is 1130. The molecule has 0 saturated carbocycles. The van der Waals surface area contributed by atoms with Crippen LogP contribution in [0.2, 0.25) is 0 Å². The van der Waals surface area contributed by atoms with E-state index >= 15 is 0 Å². The van der Waals surface area contributed by atoms with Crippen LogP contribution in [-0.4, -0.2) is 25.0 Å². The number of rotatable bonds is 10. The van der Waals surface area contributed by atoms with Crippen molar-refractivity contribution >= 4 is 23.2 Å². The highest BCUT2D eigenvalue weighted by Gasteiger charge is 2.16. The van der Waals surface area contributed by atoms with Gasteiger partial charge < -0.3 is 20.1 Å². The molecular weight excluding hydrogens is 440 g/mol. The first-order valence-corrected chi connectivity index (χ1v) is 12.0. The van der Waals surface area contributed by atoms with E-state index in [1.54, 1.807) is 30.3 Å². The lowest BCUT2D eigenvalue weighted by Crippen LogP contribution is -2.22. The highest BCUT2D eigenvalue weighted by Crippen LogP contribution is 2.32. The standard InChI is InChI=1S/C29H34N2O4/c1-6-34-26-13-8-7-12-25(26)30-29(33)21-14-16-22(17-15-21)35-18-27(32)31-28-23(19(2)3)10-9-11-24(28)20(4)5/h7-17,19-20H,6,18H2,1-5H3,(H,30,33)(H,31,32). The largest absolute Gasteiger partial charge is 0.492 e. The van der Waals surface area contributed by atoms with Crippen LogP contribution < -0.4 is 20.1 Å². The van der Waals surface area contributed by atoms with Gasteiger partial charge in [-0.3, -0.25) is 9.59 Å². The molecule has 3 aromatic rings. The lowest BCUT2D eigenvalue weighted by molar-refractivity contribution is -0.118. The minimum Gasteiger partial charge on any atom is -0.492 e. The average molecular weight is 475 g/mol. The minimum atomic E-state index is -0.257. The molecule has 0 bridgehead atoms.